The molecule has 1 heterocycles. The molecule has 0 saturated carbocycles. The zero-order valence-corrected chi connectivity index (χ0v) is 8.23. The largest absolute Gasteiger partial charge is 0.481 e. The Kier molecular flexibility index (Phi) is 3.45. The Bertz CT molecular complexity index is 308. The second kappa shape index (κ2) is 4.60. The zero-order valence-electron chi connectivity index (χ0n) is 8.23. The lowest BCUT2D eigenvalue weighted by Crippen LogP contribution is -2.12. The lowest BCUT2D eigenvalue weighted by Gasteiger charge is -2.05. The molecular weight excluding hydrogens is 182 g/mol. The third-order valence-electron chi connectivity index (χ3n) is 1.97. The highest BCUT2D eigenvalue weighted by molar-refractivity contribution is 5.69. The minimum atomic E-state index is -0.791. The molecule has 4 heteroatoms. The van der Waals surface area contributed by atoms with Gasteiger partial charge in [0.15, 0.2) is 0 Å². The molecule has 0 aliphatic rings. The fourth-order valence-corrected chi connectivity index (χ4v) is 1.09. The van der Waals surface area contributed by atoms with E-state index in [2.05, 4.69) is 4.98 Å². The summed E-state index contributed by atoms with van der Waals surface area (Å²) in [5, 5.41) is 8.70. The third-order valence-corrected chi connectivity index (χ3v) is 1.97. The van der Waals surface area contributed by atoms with Gasteiger partial charge in [-0.15, -0.1) is 0 Å². The van der Waals surface area contributed by atoms with Crippen molar-refractivity contribution in [3.63, 3.8) is 0 Å². The smallest absolute Gasteiger partial charge is 0.306 e. The van der Waals surface area contributed by atoms with Gasteiger partial charge in [0.25, 0.3) is 0 Å². The second-order valence-electron chi connectivity index (χ2n) is 3.15. The molecule has 0 saturated heterocycles. The van der Waals surface area contributed by atoms with Crippen molar-refractivity contribution in [1.82, 2.24) is 4.98 Å². The van der Waals surface area contributed by atoms with Crippen LogP contribution in [0.1, 0.15) is 12.5 Å². The number of carbonyl (C=O) groups is 1. The summed E-state index contributed by atoms with van der Waals surface area (Å²) in [5.41, 5.74) is 0.903. The molecule has 76 valence electrons. The number of pyridine rings is 1. The van der Waals surface area contributed by atoms with Gasteiger partial charge in [0, 0.05) is 12.3 Å². The molecule has 0 unspecified atom stereocenters. The van der Waals surface area contributed by atoms with E-state index in [9.17, 15) is 4.79 Å². The molecule has 1 rings (SSSR count). The highest BCUT2D eigenvalue weighted by Crippen LogP contribution is 2.11. The zero-order chi connectivity index (χ0) is 10.6. The summed E-state index contributed by atoms with van der Waals surface area (Å²) in [5.74, 6) is -0.636. The van der Waals surface area contributed by atoms with Crippen molar-refractivity contribution in [2.45, 2.75) is 13.3 Å². The molecule has 0 amide bonds. The normalized spacial score (nSPS) is 12.1. The Balaban J connectivity index is 2.64. The average molecular weight is 195 g/mol. The van der Waals surface area contributed by atoms with Gasteiger partial charge in [-0.1, -0.05) is 13.0 Å². The van der Waals surface area contributed by atoms with E-state index >= 15 is 0 Å². The van der Waals surface area contributed by atoms with Gasteiger partial charge in [-0.05, 0) is 12.0 Å². The van der Waals surface area contributed by atoms with Crippen molar-refractivity contribution in [3.05, 3.63) is 23.9 Å². The maximum absolute atomic E-state index is 10.6. The summed E-state index contributed by atoms with van der Waals surface area (Å²) in [6.07, 6.45) is 2.13. The molecule has 14 heavy (non-hydrogen) atoms. The first-order chi connectivity index (χ1) is 6.63. The molecule has 0 spiro atoms. The van der Waals surface area contributed by atoms with Gasteiger partial charge in [-0.3, -0.25) is 4.79 Å². The van der Waals surface area contributed by atoms with E-state index in [0.29, 0.717) is 12.3 Å². The number of ether oxygens (including phenoxy) is 1. The van der Waals surface area contributed by atoms with Gasteiger partial charge < -0.3 is 9.84 Å². The first kappa shape index (κ1) is 10.5. The van der Waals surface area contributed by atoms with Gasteiger partial charge in [-0.2, -0.15) is 0 Å². The molecule has 0 aromatic carbocycles. The fourth-order valence-electron chi connectivity index (χ4n) is 1.09. The van der Waals surface area contributed by atoms with Crippen molar-refractivity contribution < 1.29 is 14.6 Å². The number of carboxylic acids is 1. The monoisotopic (exact) mass is 195 g/mol. The molecule has 0 fully saturated rings. The van der Waals surface area contributed by atoms with Crippen molar-refractivity contribution in [2.24, 2.45) is 5.92 Å². The number of rotatable bonds is 4. The van der Waals surface area contributed by atoms with Gasteiger partial charge >= 0.3 is 5.97 Å². The molecule has 1 N–H and O–H groups in total. The van der Waals surface area contributed by atoms with Crippen LogP contribution in [0.15, 0.2) is 18.3 Å². The van der Waals surface area contributed by atoms with Crippen molar-refractivity contribution in [3.8, 4) is 5.88 Å². The summed E-state index contributed by atoms with van der Waals surface area (Å²) in [6.45, 7) is 1.67. The molecule has 1 aromatic heterocycles. The van der Waals surface area contributed by atoms with Crippen LogP contribution in [0, 0.1) is 5.92 Å². The number of hydrogen-bond acceptors (Lipinski definition) is 3. The Hall–Kier alpha value is -1.58. The highest BCUT2D eigenvalue weighted by atomic mass is 16.5. The van der Waals surface area contributed by atoms with E-state index in [1.807, 2.05) is 6.07 Å². The summed E-state index contributed by atoms with van der Waals surface area (Å²) >= 11 is 0. The van der Waals surface area contributed by atoms with E-state index < -0.39 is 5.97 Å². The molecule has 0 radical (unpaired) electrons. The van der Waals surface area contributed by atoms with Gasteiger partial charge in [0.1, 0.15) is 0 Å². The number of hydrogen-bond donors (Lipinski definition) is 1. The van der Waals surface area contributed by atoms with E-state index in [-0.39, 0.29) is 5.92 Å². The SMILES string of the molecule is COc1ccc(C[C@H](C)C(=O)O)cn1. The average Bonchev–Trinajstić information content (AvgIpc) is 2.19. The lowest BCUT2D eigenvalue weighted by atomic mass is 10.0. The molecule has 1 aromatic rings. The van der Waals surface area contributed by atoms with Crippen LogP contribution < -0.4 is 4.74 Å². The molecule has 0 aliphatic heterocycles. The number of carboxylic acid groups (broad SMARTS) is 1. The predicted molar refractivity (Wildman–Crippen MR) is 51.3 cm³/mol. The topological polar surface area (TPSA) is 59.4 Å². The Morgan fingerprint density at radius 3 is 2.79 bits per heavy atom. The quantitative estimate of drug-likeness (QED) is 0.787. The first-order valence-corrected chi connectivity index (χ1v) is 4.35. The molecule has 0 aliphatic carbocycles. The number of aromatic nitrogens is 1. The van der Waals surface area contributed by atoms with Gasteiger partial charge in [-0.25, -0.2) is 4.98 Å². The fraction of sp³-hybridized carbons (Fsp3) is 0.400. The number of nitrogens with zero attached hydrogens (tertiary/aromatic N) is 1. The lowest BCUT2D eigenvalue weighted by molar-refractivity contribution is -0.141. The van der Waals surface area contributed by atoms with E-state index in [1.165, 1.54) is 0 Å². The summed E-state index contributed by atoms with van der Waals surface area (Å²) in [7, 11) is 1.54. The maximum Gasteiger partial charge on any atom is 0.306 e. The summed E-state index contributed by atoms with van der Waals surface area (Å²) in [4.78, 5) is 14.6. The van der Waals surface area contributed by atoms with Crippen LogP contribution in [0.3, 0.4) is 0 Å². The van der Waals surface area contributed by atoms with E-state index in [1.54, 1.807) is 26.3 Å². The van der Waals surface area contributed by atoms with Crippen molar-refractivity contribution in [1.29, 1.82) is 0 Å². The van der Waals surface area contributed by atoms with Gasteiger partial charge in [0.05, 0.1) is 13.0 Å². The Morgan fingerprint density at radius 1 is 1.64 bits per heavy atom. The van der Waals surface area contributed by atoms with Crippen LogP contribution in [-0.4, -0.2) is 23.2 Å². The molecule has 1 atom stereocenters. The minimum absolute atomic E-state index is 0.384. The molecule has 4 nitrogen and oxygen atoms in total. The highest BCUT2D eigenvalue weighted by Gasteiger charge is 2.11. The van der Waals surface area contributed by atoms with Crippen LogP contribution in [0.5, 0.6) is 5.88 Å². The molecule has 0 bridgehead atoms. The standard InChI is InChI=1S/C10H13NO3/c1-7(10(12)13)5-8-3-4-9(14-2)11-6-8/h3-4,6-7H,5H2,1-2H3,(H,12,13)/t7-/m0/s1. The van der Waals surface area contributed by atoms with Crippen LogP contribution in [0.2, 0.25) is 0 Å². The van der Waals surface area contributed by atoms with E-state index in [4.69, 9.17) is 9.84 Å². The molecular formula is C10H13NO3. The predicted octanol–water partition coefficient (Wildman–Crippen LogP) is 1.35. The van der Waals surface area contributed by atoms with Crippen molar-refractivity contribution >= 4 is 5.97 Å². The minimum Gasteiger partial charge on any atom is -0.481 e. The number of methoxy groups -OCH3 is 1. The van der Waals surface area contributed by atoms with E-state index in [0.717, 1.165) is 5.56 Å². The Labute approximate surface area is 82.5 Å². The van der Waals surface area contributed by atoms with Crippen LogP contribution in [0.25, 0.3) is 0 Å². The summed E-state index contributed by atoms with van der Waals surface area (Å²) in [6, 6.07) is 3.55. The van der Waals surface area contributed by atoms with Crippen LogP contribution >= 0.6 is 0 Å². The second-order valence-corrected chi connectivity index (χ2v) is 3.15. The van der Waals surface area contributed by atoms with Crippen LogP contribution in [-0.2, 0) is 11.2 Å². The van der Waals surface area contributed by atoms with Crippen molar-refractivity contribution in [2.75, 3.05) is 7.11 Å². The van der Waals surface area contributed by atoms with Crippen LogP contribution in [0.4, 0.5) is 0 Å². The first-order valence-electron chi connectivity index (χ1n) is 4.35. The third kappa shape index (κ3) is 2.73. The Morgan fingerprint density at radius 2 is 2.36 bits per heavy atom. The maximum atomic E-state index is 10.6. The van der Waals surface area contributed by atoms with Gasteiger partial charge in [0.2, 0.25) is 5.88 Å². The summed E-state index contributed by atoms with van der Waals surface area (Å²) < 4.78 is 4.89. The number of aliphatic carboxylic acids is 1.